The van der Waals surface area contributed by atoms with E-state index >= 15 is 0 Å². The summed E-state index contributed by atoms with van der Waals surface area (Å²) in [5, 5.41) is 4.17. The molecule has 146 valence electrons. The van der Waals surface area contributed by atoms with Gasteiger partial charge in [0.15, 0.2) is 0 Å². The van der Waals surface area contributed by atoms with Crippen molar-refractivity contribution in [3.63, 3.8) is 0 Å². The summed E-state index contributed by atoms with van der Waals surface area (Å²) in [4.78, 5) is 28.6. The second-order valence-electron chi connectivity index (χ2n) is 6.86. The highest BCUT2D eigenvalue weighted by Gasteiger charge is 2.49. The summed E-state index contributed by atoms with van der Waals surface area (Å²) in [7, 11) is 0. The molecule has 2 heterocycles. The lowest BCUT2D eigenvalue weighted by Crippen LogP contribution is -2.53. The molecule has 1 N–H and O–H groups in total. The average molecular weight is 436 g/mol. The number of nitrogens with zero attached hydrogens (tertiary/aromatic N) is 2. The van der Waals surface area contributed by atoms with E-state index in [1.807, 2.05) is 17.0 Å². The molecule has 1 spiro atoms. The number of urea groups is 1. The van der Waals surface area contributed by atoms with Crippen LogP contribution in [0.15, 0.2) is 48.5 Å². The van der Waals surface area contributed by atoms with Crippen LogP contribution in [0.3, 0.4) is 0 Å². The smallest absolute Gasteiger partial charge is 0.321 e. The van der Waals surface area contributed by atoms with Crippen LogP contribution in [0.5, 0.6) is 0 Å². The van der Waals surface area contributed by atoms with E-state index in [1.54, 1.807) is 53.1 Å². The zero-order valence-corrected chi connectivity index (χ0v) is 17.4. The van der Waals surface area contributed by atoms with Gasteiger partial charge >= 0.3 is 6.03 Å². The summed E-state index contributed by atoms with van der Waals surface area (Å²) in [6.07, 6.45) is 1.44. The second kappa shape index (κ2) is 7.85. The molecule has 0 radical (unpaired) electrons. The van der Waals surface area contributed by atoms with Gasteiger partial charge in [-0.2, -0.15) is 0 Å². The van der Waals surface area contributed by atoms with E-state index in [0.717, 1.165) is 18.5 Å². The number of benzene rings is 2. The zero-order valence-electron chi connectivity index (χ0n) is 15.0. The Balaban J connectivity index is 1.44. The molecular weight excluding hydrogens is 417 g/mol. The summed E-state index contributed by atoms with van der Waals surface area (Å²) in [6, 6.07) is 14.3. The number of amides is 3. The van der Waals surface area contributed by atoms with Crippen LogP contribution >= 0.6 is 35.0 Å². The number of rotatable bonds is 2. The average Bonchev–Trinajstić information content (AvgIpc) is 3.01. The van der Waals surface area contributed by atoms with E-state index in [-0.39, 0.29) is 16.8 Å². The van der Waals surface area contributed by atoms with Crippen LogP contribution in [0.4, 0.5) is 16.2 Å². The quantitative estimate of drug-likeness (QED) is 0.713. The lowest BCUT2D eigenvalue weighted by atomic mass is 10.0. The van der Waals surface area contributed by atoms with Crippen molar-refractivity contribution in [3.8, 4) is 0 Å². The Kier molecular flexibility index (Phi) is 5.45. The molecule has 8 heteroatoms. The van der Waals surface area contributed by atoms with Gasteiger partial charge in [-0.3, -0.25) is 9.69 Å². The molecule has 0 aliphatic carbocycles. The minimum absolute atomic E-state index is 0.103. The lowest BCUT2D eigenvalue weighted by molar-refractivity contribution is -0.116. The number of hydrogen-bond donors (Lipinski definition) is 1. The van der Waals surface area contributed by atoms with E-state index in [0.29, 0.717) is 34.6 Å². The second-order valence-corrected chi connectivity index (χ2v) is 9.07. The Morgan fingerprint density at radius 3 is 2.14 bits per heavy atom. The fourth-order valence-electron chi connectivity index (χ4n) is 3.68. The number of likely N-dealkylation sites (tertiary alicyclic amines) is 1. The maximum Gasteiger partial charge on any atom is 0.321 e. The molecule has 0 unspecified atom stereocenters. The van der Waals surface area contributed by atoms with Crippen LogP contribution in [-0.2, 0) is 4.79 Å². The number of hydrogen-bond acceptors (Lipinski definition) is 3. The highest BCUT2D eigenvalue weighted by Crippen LogP contribution is 2.46. The Morgan fingerprint density at radius 2 is 1.54 bits per heavy atom. The third kappa shape index (κ3) is 3.81. The molecule has 0 aromatic heterocycles. The van der Waals surface area contributed by atoms with Crippen LogP contribution in [0.1, 0.15) is 12.8 Å². The van der Waals surface area contributed by atoms with Gasteiger partial charge in [-0.15, -0.1) is 11.8 Å². The Morgan fingerprint density at radius 1 is 0.964 bits per heavy atom. The standard InChI is InChI=1S/C20H19Cl2N3O2S/c21-14-1-5-16(6-2-14)23-19(27)24-11-9-20(10-12-24)25(18(26)13-28-20)17-7-3-15(22)4-8-17/h1-8H,9-13H2,(H,23,27). The SMILES string of the molecule is O=C(Nc1ccc(Cl)cc1)N1CCC2(CC1)SCC(=O)N2c1ccc(Cl)cc1. The van der Waals surface area contributed by atoms with Crippen LogP contribution < -0.4 is 10.2 Å². The molecule has 28 heavy (non-hydrogen) atoms. The number of nitrogens with one attached hydrogen (secondary N) is 1. The molecule has 2 saturated heterocycles. The predicted molar refractivity (Wildman–Crippen MR) is 115 cm³/mol. The molecule has 0 saturated carbocycles. The Labute approximate surface area is 178 Å². The molecule has 0 atom stereocenters. The Hall–Kier alpha value is -1.89. The monoisotopic (exact) mass is 435 g/mol. The van der Waals surface area contributed by atoms with E-state index in [4.69, 9.17) is 23.2 Å². The van der Waals surface area contributed by atoms with Crippen molar-refractivity contribution in [3.05, 3.63) is 58.6 Å². The summed E-state index contributed by atoms with van der Waals surface area (Å²) in [5.74, 6) is 0.561. The van der Waals surface area contributed by atoms with Crippen molar-refractivity contribution in [1.82, 2.24) is 4.90 Å². The Bertz CT molecular complexity index is 881. The molecule has 2 fully saturated rings. The first kappa shape index (κ1) is 19.4. The van der Waals surface area contributed by atoms with E-state index < -0.39 is 0 Å². The van der Waals surface area contributed by atoms with Gasteiger partial charge < -0.3 is 10.2 Å². The van der Waals surface area contributed by atoms with Gasteiger partial charge in [-0.05, 0) is 61.4 Å². The van der Waals surface area contributed by atoms with Crippen molar-refractivity contribution >= 4 is 58.3 Å². The largest absolute Gasteiger partial charge is 0.324 e. The minimum Gasteiger partial charge on any atom is -0.324 e. The molecule has 4 rings (SSSR count). The fourth-order valence-corrected chi connectivity index (χ4v) is 5.27. The van der Waals surface area contributed by atoms with Gasteiger partial charge in [-0.1, -0.05) is 23.2 Å². The van der Waals surface area contributed by atoms with E-state index in [2.05, 4.69) is 5.32 Å². The molecule has 2 aliphatic heterocycles. The van der Waals surface area contributed by atoms with Crippen molar-refractivity contribution in [2.45, 2.75) is 17.7 Å². The first-order valence-corrected chi connectivity index (χ1v) is 10.8. The highest BCUT2D eigenvalue weighted by molar-refractivity contribution is 8.02. The third-order valence-electron chi connectivity index (χ3n) is 5.13. The molecule has 3 amide bonds. The van der Waals surface area contributed by atoms with Crippen molar-refractivity contribution in [2.24, 2.45) is 0 Å². The van der Waals surface area contributed by atoms with Crippen molar-refractivity contribution in [1.29, 1.82) is 0 Å². The normalized spacial score (nSPS) is 18.6. The van der Waals surface area contributed by atoms with Crippen molar-refractivity contribution < 1.29 is 9.59 Å². The number of carbonyl (C=O) groups excluding carboxylic acids is 2. The number of thioether (sulfide) groups is 1. The maximum absolute atomic E-state index is 12.6. The topological polar surface area (TPSA) is 52.7 Å². The molecular formula is C20H19Cl2N3O2S. The summed E-state index contributed by atoms with van der Waals surface area (Å²) >= 11 is 13.6. The van der Waals surface area contributed by atoms with Gasteiger partial charge in [0.1, 0.15) is 0 Å². The molecule has 2 aromatic carbocycles. The van der Waals surface area contributed by atoms with Gasteiger partial charge in [0.2, 0.25) is 5.91 Å². The minimum atomic E-state index is -0.304. The van der Waals surface area contributed by atoms with Crippen LogP contribution in [0.2, 0.25) is 10.0 Å². The highest BCUT2D eigenvalue weighted by atomic mass is 35.5. The van der Waals surface area contributed by atoms with Gasteiger partial charge in [0, 0.05) is 34.5 Å². The van der Waals surface area contributed by atoms with Crippen LogP contribution in [0.25, 0.3) is 0 Å². The predicted octanol–water partition coefficient (Wildman–Crippen LogP) is 5.10. The number of carbonyl (C=O) groups is 2. The summed E-state index contributed by atoms with van der Waals surface area (Å²) < 4.78 is 0. The first-order chi connectivity index (χ1) is 13.5. The van der Waals surface area contributed by atoms with E-state index in [9.17, 15) is 9.59 Å². The summed E-state index contributed by atoms with van der Waals surface area (Å²) in [6.45, 7) is 1.17. The number of halogens is 2. The summed E-state index contributed by atoms with van der Waals surface area (Å²) in [5.41, 5.74) is 1.57. The van der Waals surface area contributed by atoms with Gasteiger partial charge in [0.25, 0.3) is 0 Å². The number of anilines is 2. The van der Waals surface area contributed by atoms with Gasteiger partial charge in [-0.25, -0.2) is 4.79 Å². The molecule has 2 aliphatic rings. The molecule has 0 bridgehead atoms. The lowest BCUT2D eigenvalue weighted by Gasteiger charge is -2.43. The van der Waals surface area contributed by atoms with Gasteiger partial charge in [0.05, 0.1) is 10.6 Å². The molecule has 5 nitrogen and oxygen atoms in total. The third-order valence-corrected chi connectivity index (χ3v) is 7.16. The molecule has 2 aromatic rings. The fraction of sp³-hybridized carbons (Fsp3) is 0.300. The van der Waals surface area contributed by atoms with Crippen molar-refractivity contribution in [2.75, 3.05) is 29.1 Å². The van der Waals surface area contributed by atoms with Crippen LogP contribution in [0, 0.1) is 0 Å². The maximum atomic E-state index is 12.6. The number of piperidine rings is 1. The first-order valence-electron chi connectivity index (χ1n) is 9.01. The zero-order chi connectivity index (χ0) is 19.7. The van der Waals surface area contributed by atoms with Crippen LogP contribution in [-0.4, -0.2) is 40.6 Å². The van der Waals surface area contributed by atoms with E-state index in [1.165, 1.54) is 0 Å².